The lowest BCUT2D eigenvalue weighted by Crippen LogP contribution is -2.59. The number of nitrogens with two attached hydrogens (primary N) is 4. The average molecular weight is 793 g/mol. The minimum atomic E-state index is -1.48. The average Bonchev–Trinajstić information content (AvgIpc) is 3.65. The van der Waals surface area contributed by atoms with Crippen LogP contribution >= 0.6 is 0 Å². The highest BCUT2D eigenvalue weighted by Crippen LogP contribution is 2.21. The molecule has 310 valence electrons. The second-order valence-electron chi connectivity index (χ2n) is 14.5. The fourth-order valence-corrected chi connectivity index (χ4v) is 6.48. The number of benzene rings is 2. The highest BCUT2D eigenvalue weighted by atomic mass is 16.4. The van der Waals surface area contributed by atoms with Crippen molar-refractivity contribution in [2.75, 3.05) is 13.1 Å². The van der Waals surface area contributed by atoms with Gasteiger partial charge in [0.2, 0.25) is 35.4 Å². The Morgan fingerprint density at radius 1 is 0.772 bits per heavy atom. The number of hydrogen-bond donors (Lipinski definition) is 9. The minimum Gasteiger partial charge on any atom is -0.480 e. The van der Waals surface area contributed by atoms with Crippen LogP contribution in [-0.2, 0) is 46.4 Å². The maximum Gasteiger partial charge on any atom is 0.326 e. The number of hydrogen-bond acceptors (Lipinski definition) is 9. The molecule has 6 atom stereocenters. The molecule has 0 spiro atoms. The molecule has 18 nitrogen and oxygen atoms in total. The first kappa shape index (κ1) is 45.4. The van der Waals surface area contributed by atoms with Crippen LogP contribution < -0.4 is 44.2 Å². The van der Waals surface area contributed by atoms with Gasteiger partial charge in [-0.25, -0.2) is 4.79 Å². The molecule has 1 fully saturated rings. The number of carbonyl (C=O) groups is 7. The molecular weight excluding hydrogens is 736 g/mol. The maximum absolute atomic E-state index is 14.2. The molecule has 6 amide bonds. The van der Waals surface area contributed by atoms with Gasteiger partial charge in [-0.3, -0.25) is 33.8 Å². The number of primary amides is 1. The standard InChI is InChI=1S/C39H56N10O8/c1-23(2)19-30(38(56)57)48-34(52)28(21-25-13-7-4-8-14-25)47-36(54)31-16-10-18-49(31)37(55)27(15-9-17-44-39(42)43)45-35(53)29(22-32(41)50)46-33(51)26(40)20-24-11-5-3-6-12-24/h3-8,11-14,23,26-31H,9-10,15-22,40H2,1-2H3,(H2,41,50)(H,45,53)(H,46,51)(H,47,54)(H,48,52)(H,56,57)(H4,42,43,44)/t26-,27-,28-,29-,30-,31-/m0/s1. The number of carbonyl (C=O) groups excluding carboxylic acids is 6. The predicted molar refractivity (Wildman–Crippen MR) is 212 cm³/mol. The highest BCUT2D eigenvalue weighted by molar-refractivity contribution is 5.97. The van der Waals surface area contributed by atoms with Gasteiger partial charge in [-0.15, -0.1) is 0 Å². The normalized spacial score (nSPS) is 16.3. The molecule has 2 aromatic carbocycles. The predicted octanol–water partition coefficient (Wildman–Crippen LogP) is -1.21. The van der Waals surface area contributed by atoms with Crippen molar-refractivity contribution in [1.82, 2.24) is 26.2 Å². The molecular formula is C39H56N10O8. The number of aliphatic carboxylic acids is 1. The summed E-state index contributed by atoms with van der Waals surface area (Å²) < 4.78 is 0. The van der Waals surface area contributed by atoms with Crippen LogP contribution in [0.5, 0.6) is 0 Å². The zero-order valence-electron chi connectivity index (χ0n) is 32.4. The highest BCUT2D eigenvalue weighted by Gasteiger charge is 2.40. The molecule has 18 heteroatoms. The summed E-state index contributed by atoms with van der Waals surface area (Å²) in [5.41, 5.74) is 24.0. The van der Waals surface area contributed by atoms with Crippen LogP contribution in [0.2, 0.25) is 0 Å². The molecule has 0 aromatic heterocycles. The van der Waals surface area contributed by atoms with E-state index in [0.717, 1.165) is 5.56 Å². The molecule has 0 saturated carbocycles. The Hall–Kier alpha value is -6.04. The molecule has 1 saturated heterocycles. The first-order valence-electron chi connectivity index (χ1n) is 19.0. The Bertz CT molecular complexity index is 1720. The molecule has 13 N–H and O–H groups in total. The van der Waals surface area contributed by atoms with Crippen molar-refractivity contribution in [3.8, 4) is 0 Å². The summed E-state index contributed by atoms with van der Waals surface area (Å²) in [5, 5.41) is 20.2. The SMILES string of the molecule is CC(C)C[C@H](NC(=O)[C@H](Cc1ccccc1)NC(=O)[C@@H]1CCCN1C(=O)[C@H](CCCN=C(N)N)NC(=O)[C@H](CC(N)=O)NC(=O)[C@@H](N)Cc1ccccc1)C(=O)O. The van der Waals surface area contributed by atoms with E-state index in [2.05, 4.69) is 26.3 Å². The van der Waals surface area contributed by atoms with Crippen LogP contribution in [0.15, 0.2) is 65.7 Å². The van der Waals surface area contributed by atoms with Crippen molar-refractivity contribution in [1.29, 1.82) is 0 Å². The van der Waals surface area contributed by atoms with E-state index in [1.807, 2.05) is 19.9 Å². The summed E-state index contributed by atoms with van der Waals surface area (Å²) >= 11 is 0. The van der Waals surface area contributed by atoms with Gasteiger partial charge in [0.05, 0.1) is 12.5 Å². The number of rotatable bonds is 22. The van der Waals surface area contributed by atoms with Gasteiger partial charge in [0, 0.05) is 19.5 Å². The number of aliphatic imine (C=N–C) groups is 1. The Kier molecular flexibility index (Phi) is 17.9. The van der Waals surface area contributed by atoms with Gasteiger partial charge in [-0.05, 0) is 55.6 Å². The lowest BCUT2D eigenvalue weighted by molar-refractivity contribution is -0.144. The Morgan fingerprint density at radius 2 is 1.33 bits per heavy atom. The Morgan fingerprint density at radius 3 is 1.89 bits per heavy atom. The topological polar surface area (TPSA) is 308 Å². The van der Waals surface area contributed by atoms with Crippen molar-refractivity contribution in [3.63, 3.8) is 0 Å². The lowest BCUT2D eigenvalue weighted by atomic mass is 10.0. The van der Waals surface area contributed by atoms with E-state index in [9.17, 15) is 38.7 Å². The molecule has 2 aromatic rings. The van der Waals surface area contributed by atoms with Crippen molar-refractivity contribution in [2.24, 2.45) is 33.8 Å². The first-order chi connectivity index (χ1) is 27.0. The van der Waals surface area contributed by atoms with Crippen molar-refractivity contribution >= 4 is 47.4 Å². The molecule has 1 aliphatic heterocycles. The zero-order chi connectivity index (χ0) is 42.1. The van der Waals surface area contributed by atoms with Gasteiger partial charge in [-0.1, -0.05) is 74.5 Å². The molecule has 3 rings (SSSR count). The lowest BCUT2D eigenvalue weighted by Gasteiger charge is -2.31. The third-order valence-corrected chi connectivity index (χ3v) is 9.31. The van der Waals surface area contributed by atoms with Crippen molar-refractivity contribution in [2.45, 2.75) is 101 Å². The van der Waals surface area contributed by atoms with E-state index in [1.54, 1.807) is 54.6 Å². The monoisotopic (exact) mass is 792 g/mol. The molecule has 0 radical (unpaired) electrons. The Balaban J connectivity index is 1.83. The summed E-state index contributed by atoms with van der Waals surface area (Å²) in [6, 6.07) is 10.6. The fraction of sp³-hybridized carbons (Fsp3) is 0.487. The molecule has 0 bridgehead atoms. The summed E-state index contributed by atoms with van der Waals surface area (Å²) in [6.45, 7) is 3.89. The van der Waals surface area contributed by atoms with E-state index in [4.69, 9.17) is 22.9 Å². The third kappa shape index (κ3) is 15.2. The molecule has 0 unspecified atom stereocenters. The van der Waals surface area contributed by atoms with E-state index in [-0.39, 0.29) is 63.5 Å². The van der Waals surface area contributed by atoms with Gasteiger partial charge in [0.25, 0.3) is 0 Å². The fourth-order valence-electron chi connectivity index (χ4n) is 6.48. The van der Waals surface area contributed by atoms with Crippen molar-refractivity contribution in [3.05, 3.63) is 71.8 Å². The van der Waals surface area contributed by atoms with E-state index >= 15 is 0 Å². The van der Waals surface area contributed by atoms with E-state index in [0.29, 0.717) is 12.0 Å². The number of carboxylic acids is 1. The van der Waals surface area contributed by atoms with Crippen LogP contribution in [0, 0.1) is 5.92 Å². The second-order valence-corrected chi connectivity index (χ2v) is 14.5. The van der Waals surface area contributed by atoms with Crippen LogP contribution in [0.4, 0.5) is 0 Å². The zero-order valence-corrected chi connectivity index (χ0v) is 32.4. The van der Waals surface area contributed by atoms with Crippen LogP contribution in [0.1, 0.15) is 63.5 Å². The number of carboxylic acid groups (broad SMARTS) is 1. The molecule has 1 heterocycles. The number of guanidine groups is 1. The summed E-state index contributed by atoms with van der Waals surface area (Å²) in [6.07, 6.45) is 0.631. The van der Waals surface area contributed by atoms with Crippen LogP contribution in [0.3, 0.4) is 0 Å². The van der Waals surface area contributed by atoms with Crippen LogP contribution in [-0.4, -0.2) is 107 Å². The second kappa shape index (κ2) is 22.5. The van der Waals surface area contributed by atoms with Gasteiger partial charge < -0.3 is 54.2 Å². The number of nitrogens with one attached hydrogen (secondary N) is 4. The largest absolute Gasteiger partial charge is 0.480 e. The molecule has 57 heavy (non-hydrogen) atoms. The first-order valence-corrected chi connectivity index (χ1v) is 19.0. The number of amides is 6. The summed E-state index contributed by atoms with van der Waals surface area (Å²) in [4.78, 5) is 97.7. The van der Waals surface area contributed by atoms with E-state index < -0.39 is 84.1 Å². The smallest absolute Gasteiger partial charge is 0.326 e. The summed E-state index contributed by atoms with van der Waals surface area (Å²) in [5.74, 6) is -5.93. The number of nitrogens with zero attached hydrogens (tertiary/aromatic N) is 2. The Labute approximate surface area is 331 Å². The van der Waals surface area contributed by atoms with Crippen LogP contribution in [0.25, 0.3) is 0 Å². The number of likely N-dealkylation sites (tertiary alicyclic amines) is 1. The summed E-state index contributed by atoms with van der Waals surface area (Å²) in [7, 11) is 0. The third-order valence-electron chi connectivity index (χ3n) is 9.31. The van der Waals surface area contributed by atoms with E-state index in [1.165, 1.54) is 4.90 Å². The van der Waals surface area contributed by atoms with Gasteiger partial charge in [-0.2, -0.15) is 0 Å². The minimum absolute atomic E-state index is 0.00240. The maximum atomic E-state index is 14.2. The van der Waals surface area contributed by atoms with Gasteiger partial charge >= 0.3 is 5.97 Å². The quantitative estimate of drug-likeness (QED) is 0.0387. The molecule has 1 aliphatic rings. The van der Waals surface area contributed by atoms with Crippen molar-refractivity contribution < 1.29 is 38.7 Å². The van der Waals surface area contributed by atoms with Gasteiger partial charge in [0.1, 0.15) is 30.2 Å². The van der Waals surface area contributed by atoms with Gasteiger partial charge in [0.15, 0.2) is 5.96 Å². The molecule has 0 aliphatic carbocycles.